The average Bonchev–Trinajstić information content (AvgIpc) is 2.45. The third kappa shape index (κ3) is 4.50. The Morgan fingerprint density at radius 2 is 1.89 bits per heavy atom. The summed E-state index contributed by atoms with van der Waals surface area (Å²) in [6.45, 7) is 1.86. The van der Waals surface area contributed by atoms with Crippen molar-refractivity contribution in [2.24, 2.45) is 5.92 Å². The van der Waals surface area contributed by atoms with Crippen LogP contribution < -0.4 is 10.6 Å². The predicted molar refractivity (Wildman–Crippen MR) is 76.8 cm³/mol. The maximum atomic E-state index is 3.31. The van der Waals surface area contributed by atoms with Crippen molar-refractivity contribution < 1.29 is 0 Å². The summed E-state index contributed by atoms with van der Waals surface area (Å²) in [5, 5.41) is 6.58. The van der Waals surface area contributed by atoms with Gasteiger partial charge in [-0.25, -0.2) is 0 Å². The summed E-state index contributed by atoms with van der Waals surface area (Å²) >= 11 is 0. The lowest BCUT2D eigenvalue weighted by molar-refractivity contribution is 0.616. The van der Waals surface area contributed by atoms with Gasteiger partial charge in [-0.15, -0.1) is 0 Å². The summed E-state index contributed by atoms with van der Waals surface area (Å²) in [7, 11) is 0. The third-order valence-corrected chi connectivity index (χ3v) is 2.92. The normalized spacial score (nSPS) is 18.1. The van der Waals surface area contributed by atoms with Crippen molar-refractivity contribution in [3.05, 3.63) is 72.6 Å². The zero-order chi connectivity index (χ0) is 12.5. The van der Waals surface area contributed by atoms with Crippen LogP contribution in [-0.2, 0) is 6.54 Å². The van der Waals surface area contributed by atoms with Crippen LogP contribution in [0.25, 0.3) is 0 Å². The van der Waals surface area contributed by atoms with E-state index in [0.29, 0.717) is 5.92 Å². The fraction of sp³-hybridized carbons (Fsp3) is 0.250. The Labute approximate surface area is 109 Å². The van der Waals surface area contributed by atoms with Gasteiger partial charge in [0.25, 0.3) is 0 Å². The Kier molecular flexibility index (Phi) is 5.12. The molecule has 0 aliphatic heterocycles. The van der Waals surface area contributed by atoms with E-state index in [2.05, 4.69) is 59.2 Å². The zero-order valence-corrected chi connectivity index (χ0v) is 10.5. The van der Waals surface area contributed by atoms with E-state index >= 15 is 0 Å². The maximum absolute atomic E-state index is 3.31. The van der Waals surface area contributed by atoms with E-state index in [4.69, 9.17) is 0 Å². The van der Waals surface area contributed by atoms with Crippen molar-refractivity contribution in [2.75, 3.05) is 6.54 Å². The van der Waals surface area contributed by atoms with Crippen LogP contribution in [0.4, 0.5) is 0 Å². The van der Waals surface area contributed by atoms with E-state index in [0.717, 1.165) is 19.5 Å². The number of rotatable bonds is 6. The molecule has 0 amide bonds. The molecule has 1 atom stereocenters. The molecule has 2 heteroatoms. The molecule has 1 aliphatic rings. The minimum Gasteiger partial charge on any atom is -0.389 e. The van der Waals surface area contributed by atoms with Gasteiger partial charge in [0.2, 0.25) is 0 Å². The summed E-state index contributed by atoms with van der Waals surface area (Å²) in [4.78, 5) is 0. The summed E-state index contributed by atoms with van der Waals surface area (Å²) in [6, 6.07) is 10.4. The number of hydrogen-bond acceptors (Lipinski definition) is 2. The summed E-state index contributed by atoms with van der Waals surface area (Å²) in [5.41, 5.74) is 1.29. The lowest BCUT2D eigenvalue weighted by Crippen LogP contribution is -2.17. The second-order valence-electron chi connectivity index (χ2n) is 4.42. The summed E-state index contributed by atoms with van der Waals surface area (Å²) in [5.74, 6) is 0.619. The second kappa shape index (κ2) is 7.38. The van der Waals surface area contributed by atoms with Gasteiger partial charge in [-0.2, -0.15) is 0 Å². The predicted octanol–water partition coefficient (Wildman–Crippen LogP) is 2.97. The molecule has 0 saturated heterocycles. The topological polar surface area (TPSA) is 24.1 Å². The minimum atomic E-state index is 0.619. The highest BCUT2D eigenvalue weighted by molar-refractivity contribution is 5.14. The highest BCUT2D eigenvalue weighted by Gasteiger charge is 2.02. The van der Waals surface area contributed by atoms with Gasteiger partial charge in [-0.05, 0) is 17.9 Å². The molecule has 1 unspecified atom stereocenters. The van der Waals surface area contributed by atoms with Crippen molar-refractivity contribution in [2.45, 2.75) is 13.0 Å². The quantitative estimate of drug-likeness (QED) is 0.799. The molecule has 1 aromatic rings. The van der Waals surface area contributed by atoms with E-state index in [1.165, 1.54) is 5.56 Å². The van der Waals surface area contributed by atoms with Gasteiger partial charge in [-0.1, -0.05) is 54.6 Å². The molecular formula is C16H20N2. The lowest BCUT2D eigenvalue weighted by Gasteiger charge is -2.12. The zero-order valence-electron chi connectivity index (χ0n) is 10.5. The number of benzene rings is 1. The number of nitrogens with one attached hydrogen (secondary N) is 2. The van der Waals surface area contributed by atoms with Crippen molar-refractivity contribution in [3.63, 3.8) is 0 Å². The standard InChI is InChI=1S/C16H20N2/c1-3-7-15(8-4-1)13-17-11-12-18-14-16-9-5-2-6-10-16/h1-9,11-12,16-18H,10,13-14H2/b12-11-. The van der Waals surface area contributed by atoms with Gasteiger partial charge in [0, 0.05) is 25.5 Å². The van der Waals surface area contributed by atoms with E-state index in [9.17, 15) is 0 Å². The average molecular weight is 240 g/mol. The molecule has 1 aromatic carbocycles. The Hall–Kier alpha value is -1.96. The van der Waals surface area contributed by atoms with Gasteiger partial charge >= 0.3 is 0 Å². The molecule has 18 heavy (non-hydrogen) atoms. The smallest absolute Gasteiger partial charge is 0.0395 e. The van der Waals surface area contributed by atoms with Crippen molar-refractivity contribution >= 4 is 0 Å². The first kappa shape index (κ1) is 12.5. The molecule has 0 spiro atoms. The molecule has 1 aliphatic carbocycles. The molecule has 0 aromatic heterocycles. The monoisotopic (exact) mass is 240 g/mol. The third-order valence-electron chi connectivity index (χ3n) is 2.92. The van der Waals surface area contributed by atoms with Crippen molar-refractivity contribution in [1.82, 2.24) is 10.6 Å². The van der Waals surface area contributed by atoms with Crippen LogP contribution in [0.3, 0.4) is 0 Å². The van der Waals surface area contributed by atoms with Gasteiger partial charge in [0.1, 0.15) is 0 Å². The van der Waals surface area contributed by atoms with E-state index < -0.39 is 0 Å². The van der Waals surface area contributed by atoms with Crippen LogP contribution in [0, 0.1) is 5.92 Å². The number of allylic oxidation sites excluding steroid dienone is 3. The fourth-order valence-corrected chi connectivity index (χ4v) is 1.89. The molecule has 2 N–H and O–H groups in total. The molecule has 0 radical (unpaired) electrons. The molecule has 94 valence electrons. The van der Waals surface area contributed by atoms with E-state index in [-0.39, 0.29) is 0 Å². The van der Waals surface area contributed by atoms with Crippen molar-refractivity contribution in [3.8, 4) is 0 Å². The Bertz CT molecular complexity index is 418. The maximum Gasteiger partial charge on any atom is 0.0395 e. The van der Waals surface area contributed by atoms with Crippen LogP contribution in [0.1, 0.15) is 12.0 Å². The van der Waals surface area contributed by atoms with Crippen LogP contribution in [0.15, 0.2) is 67.0 Å². The molecule has 0 fully saturated rings. The molecule has 0 saturated carbocycles. The molecule has 0 bridgehead atoms. The van der Waals surface area contributed by atoms with Crippen molar-refractivity contribution in [1.29, 1.82) is 0 Å². The van der Waals surface area contributed by atoms with E-state index in [1.54, 1.807) is 0 Å². The summed E-state index contributed by atoms with van der Waals surface area (Å²) < 4.78 is 0. The van der Waals surface area contributed by atoms with E-state index in [1.807, 2.05) is 18.5 Å². The first-order valence-electron chi connectivity index (χ1n) is 6.44. The Balaban J connectivity index is 1.58. The molecular weight excluding hydrogens is 220 g/mol. The van der Waals surface area contributed by atoms with Crippen LogP contribution in [-0.4, -0.2) is 6.54 Å². The lowest BCUT2D eigenvalue weighted by atomic mass is 10.0. The largest absolute Gasteiger partial charge is 0.389 e. The first-order chi connectivity index (χ1) is 8.95. The van der Waals surface area contributed by atoms with Gasteiger partial charge in [0.15, 0.2) is 0 Å². The summed E-state index contributed by atoms with van der Waals surface area (Å²) in [6.07, 6.45) is 13.8. The van der Waals surface area contributed by atoms with Crippen LogP contribution in [0.2, 0.25) is 0 Å². The Morgan fingerprint density at radius 1 is 1.06 bits per heavy atom. The molecule has 2 nitrogen and oxygen atoms in total. The van der Waals surface area contributed by atoms with Gasteiger partial charge in [-0.3, -0.25) is 0 Å². The Morgan fingerprint density at radius 3 is 2.67 bits per heavy atom. The number of hydrogen-bond donors (Lipinski definition) is 2. The molecule has 0 heterocycles. The second-order valence-corrected chi connectivity index (χ2v) is 4.42. The van der Waals surface area contributed by atoms with Crippen LogP contribution in [0.5, 0.6) is 0 Å². The first-order valence-corrected chi connectivity index (χ1v) is 6.44. The van der Waals surface area contributed by atoms with Gasteiger partial charge < -0.3 is 10.6 Å². The molecule has 2 rings (SSSR count). The van der Waals surface area contributed by atoms with Gasteiger partial charge in [0.05, 0.1) is 0 Å². The highest BCUT2D eigenvalue weighted by Crippen LogP contribution is 2.09. The van der Waals surface area contributed by atoms with Crippen LogP contribution >= 0.6 is 0 Å². The minimum absolute atomic E-state index is 0.619. The SMILES string of the molecule is C1=CCC(CN/C=C\NCc2ccccc2)C=C1. The highest BCUT2D eigenvalue weighted by atomic mass is 14.9. The fourth-order valence-electron chi connectivity index (χ4n) is 1.89.